The minimum absolute atomic E-state index is 0.462. The van der Waals surface area contributed by atoms with Crippen LogP contribution in [-0.2, 0) is 0 Å². The molecule has 1 aliphatic heterocycles. The van der Waals surface area contributed by atoms with Crippen LogP contribution < -0.4 is 0 Å². The van der Waals surface area contributed by atoms with Crippen molar-refractivity contribution in [1.82, 2.24) is 3.11 Å². The number of alkyl halides is 2. The van der Waals surface area contributed by atoms with E-state index in [1.54, 1.807) is 3.11 Å². The van der Waals surface area contributed by atoms with Gasteiger partial charge in [0.1, 0.15) is 0 Å². The molecule has 1 saturated heterocycles. The summed E-state index contributed by atoms with van der Waals surface area (Å²) < 4.78 is 25.0. The molecule has 1 fully saturated rings. The number of rotatable bonds is 1. The van der Waals surface area contributed by atoms with Crippen LogP contribution in [0.25, 0.3) is 0 Å². The number of hydrogen-bond acceptors (Lipinski definition) is 1. The smallest absolute Gasteiger partial charge is 0.239 e. The first-order chi connectivity index (χ1) is 3.72. The average molecular weight is 233 g/mol. The van der Waals surface area contributed by atoms with E-state index in [1.165, 1.54) is 0 Å². The summed E-state index contributed by atoms with van der Waals surface area (Å²) in [5, 5.41) is 0. The van der Waals surface area contributed by atoms with Crippen LogP contribution in [0.15, 0.2) is 0 Å². The van der Waals surface area contributed by atoms with Gasteiger partial charge in [0.05, 0.1) is 6.04 Å². The van der Waals surface area contributed by atoms with E-state index < -0.39 is 12.5 Å². The summed E-state index contributed by atoms with van der Waals surface area (Å²) >= 11 is 1.92. The van der Waals surface area contributed by atoms with Gasteiger partial charge < -0.3 is 0 Å². The third-order valence-corrected chi connectivity index (χ3v) is 2.49. The Hall–Kier alpha value is 0.550. The minimum Gasteiger partial charge on any atom is -0.239 e. The number of hydrogen-bond donors (Lipinski definition) is 0. The Labute approximate surface area is 60.5 Å². The van der Waals surface area contributed by atoms with Gasteiger partial charge in [0.25, 0.3) is 6.43 Å². The van der Waals surface area contributed by atoms with E-state index in [-0.39, 0.29) is 0 Å². The van der Waals surface area contributed by atoms with Gasteiger partial charge in [-0.25, -0.2) is 11.9 Å². The van der Waals surface area contributed by atoms with Crippen molar-refractivity contribution in [3.63, 3.8) is 0 Å². The van der Waals surface area contributed by atoms with Crippen LogP contribution in [0, 0.1) is 0 Å². The second-order valence-corrected chi connectivity index (χ2v) is 3.05. The van der Waals surface area contributed by atoms with Gasteiger partial charge in [-0.15, -0.1) is 0 Å². The van der Waals surface area contributed by atoms with Gasteiger partial charge in [-0.1, -0.05) is 0 Å². The fraction of sp³-hybridized carbons (Fsp3) is 1.00. The monoisotopic (exact) mass is 233 g/mol. The molecule has 0 aromatic rings. The van der Waals surface area contributed by atoms with Crippen molar-refractivity contribution in [2.75, 3.05) is 6.54 Å². The Kier molecular flexibility index (Phi) is 2.02. The zero-order chi connectivity index (χ0) is 6.15. The predicted octanol–water partition coefficient (Wildman–Crippen LogP) is 1.68. The molecule has 0 aliphatic carbocycles. The van der Waals surface area contributed by atoms with Gasteiger partial charge in [0.2, 0.25) is 0 Å². The van der Waals surface area contributed by atoms with Gasteiger partial charge in [-0.05, 0) is 6.42 Å². The lowest BCUT2D eigenvalue weighted by atomic mass is 10.1. The summed E-state index contributed by atoms with van der Waals surface area (Å²) in [6.07, 6.45) is -1.50. The molecule has 1 atom stereocenters. The van der Waals surface area contributed by atoms with E-state index in [2.05, 4.69) is 0 Å². The molecule has 0 aromatic heterocycles. The van der Waals surface area contributed by atoms with Crippen molar-refractivity contribution >= 4 is 22.9 Å². The lowest BCUT2D eigenvalue weighted by Gasteiger charge is -2.34. The highest BCUT2D eigenvalue weighted by Gasteiger charge is 2.33. The molecule has 0 bridgehead atoms. The molecule has 1 rings (SSSR count). The molecule has 0 unspecified atom stereocenters. The molecule has 4 heteroatoms. The Morgan fingerprint density at radius 3 is 2.25 bits per heavy atom. The maximum absolute atomic E-state index is 11.7. The SMILES string of the molecule is FC(F)[C@@H]1CCN1I. The van der Waals surface area contributed by atoms with E-state index in [0.717, 1.165) is 6.54 Å². The molecular formula is C4H6F2IN. The standard InChI is InChI=1S/C4H6F2IN/c5-4(6)3-1-2-8(3)7/h3-4H,1-2H2/t3-/m0/s1. The van der Waals surface area contributed by atoms with Crippen molar-refractivity contribution in [1.29, 1.82) is 0 Å². The molecular weight excluding hydrogens is 227 g/mol. The van der Waals surface area contributed by atoms with Gasteiger partial charge in [0, 0.05) is 29.4 Å². The molecule has 0 radical (unpaired) electrons. The molecule has 48 valence electrons. The van der Waals surface area contributed by atoms with Gasteiger partial charge >= 0.3 is 0 Å². The molecule has 0 spiro atoms. The van der Waals surface area contributed by atoms with Crippen molar-refractivity contribution < 1.29 is 8.78 Å². The van der Waals surface area contributed by atoms with Crippen LogP contribution in [0.3, 0.4) is 0 Å². The Balaban J connectivity index is 2.26. The number of halogens is 3. The number of nitrogens with zero attached hydrogens (tertiary/aromatic N) is 1. The zero-order valence-electron chi connectivity index (χ0n) is 4.15. The second-order valence-electron chi connectivity index (χ2n) is 1.81. The normalized spacial score (nSPS) is 30.8. The molecule has 8 heavy (non-hydrogen) atoms. The first kappa shape index (κ1) is 6.67. The van der Waals surface area contributed by atoms with Crippen LogP contribution in [0.5, 0.6) is 0 Å². The summed E-state index contributed by atoms with van der Waals surface area (Å²) in [6.45, 7) is 0.815. The Morgan fingerprint density at radius 1 is 1.62 bits per heavy atom. The van der Waals surface area contributed by atoms with Crippen molar-refractivity contribution in [2.24, 2.45) is 0 Å². The van der Waals surface area contributed by atoms with Crippen LogP contribution in [0.2, 0.25) is 0 Å². The summed E-state index contributed by atoms with van der Waals surface area (Å²) in [7, 11) is 0. The van der Waals surface area contributed by atoms with Crippen LogP contribution in [-0.4, -0.2) is 22.1 Å². The Morgan fingerprint density at radius 2 is 2.25 bits per heavy atom. The molecule has 1 nitrogen and oxygen atoms in total. The van der Waals surface area contributed by atoms with Crippen LogP contribution >= 0.6 is 22.9 Å². The van der Waals surface area contributed by atoms with Crippen molar-refractivity contribution in [2.45, 2.75) is 18.9 Å². The molecule has 0 aromatic carbocycles. The molecule has 1 heterocycles. The van der Waals surface area contributed by atoms with E-state index in [9.17, 15) is 8.78 Å². The maximum atomic E-state index is 11.7. The third kappa shape index (κ3) is 1.10. The summed E-state index contributed by atoms with van der Waals surface area (Å²) in [5.74, 6) is 0. The predicted molar refractivity (Wildman–Crippen MR) is 35.1 cm³/mol. The molecule has 0 saturated carbocycles. The lowest BCUT2D eigenvalue weighted by molar-refractivity contribution is 0.0292. The average Bonchev–Trinajstić information content (AvgIpc) is 1.61. The summed E-state index contributed by atoms with van der Waals surface area (Å²) in [6, 6.07) is -0.462. The molecule has 0 N–H and O–H groups in total. The fourth-order valence-corrected chi connectivity index (χ4v) is 1.42. The highest BCUT2D eigenvalue weighted by atomic mass is 127. The largest absolute Gasteiger partial charge is 0.254 e. The van der Waals surface area contributed by atoms with Crippen molar-refractivity contribution in [3.05, 3.63) is 0 Å². The molecule has 0 amide bonds. The van der Waals surface area contributed by atoms with E-state index in [1.807, 2.05) is 22.9 Å². The topological polar surface area (TPSA) is 3.24 Å². The first-order valence-corrected chi connectivity index (χ1v) is 3.39. The van der Waals surface area contributed by atoms with Crippen LogP contribution in [0.1, 0.15) is 6.42 Å². The zero-order valence-corrected chi connectivity index (χ0v) is 6.31. The van der Waals surface area contributed by atoms with E-state index in [0.29, 0.717) is 6.42 Å². The second kappa shape index (κ2) is 2.43. The quantitative estimate of drug-likeness (QED) is 0.492. The third-order valence-electron chi connectivity index (χ3n) is 1.29. The fourth-order valence-electron chi connectivity index (χ4n) is 0.624. The lowest BCUT2D eigenvalue weighted by Crippen LogP contribution is -2.45. The maximum Gasteiger partial charge on any atom is 0.254 e. The highest BCUT2D eigenvalue weighted by molar-refractivity contribution is 14.1. The van der Waals surface area contributed by atoms with Gasteiger partial charge in [-0.2, -0.15) is 0 Å². The van der Waals surface area contributed by atoms with E-state index in [4.69, 9.17) is 0 Å². The minimum atomic E-state index is -2.15. The van der Waals surface area contributed by atoms with Gasteiger partial charge in [-0.3, -0.25) is 0 Å². The van der Waals surface area contributed by atoms with Crippen LogP contribution in [0.4, 0.5) is 8.78 Å². The molecule has 1 aliphatic rings. The highest BCUT2D eigenvalue weighted by Crippen LogP contribution is 2.26. The first-order valence-electron chi connectivity index (χ1n) is 2.42. The summed E-state index contributed by atoms with van der Waals surface area (Å²) in [5.41, 5.74) is 0. The summed E-state index contributed by atoms with van der Waals surface area (Å²) in [4.78, 5) is 0. The van der Waals surface area contributed by atoms with Gasteiger partial charge in [0.15, 0.2) is 0 Å². The van der Waals surface area contributed by atoms with Crippen molar-refractivity contribution in [3.8, 4) is 0 Å². The van der Waals surface area contributed by atoms with E-state index >= 15 is 0 Å². The Bertz CT molecular complexity index is 83.4.